The van der Waals surface area contributed by atoms with Gasteiger partial charge in [0.05, 0.1) is 6.61 Å². The first-order chi connectivity index (χ1) is 6.06. The molecule has 0 heterocycles. The lowest BCUT2D eigenvalue weighted by molar-refractivity contribution is 0.224. The van der Waals surface area contributed by atoms with E-state index in [2.05, 4.69) is 32.0 Å². The van der Waals surface area contributed by atoms with E-state index in [0.717, 1.165) is 26.1 Å². The van der Waals surface area contributed by atoms with Crippen LogP contribution < -0.4 is 0 Å². The van der Waals surface area contributed by atoms with Crippen molar-refractivity contribution >= 4 is 8.32 Å². The molecule has 0 aromatic heterocycles. The molecule has 0 bridgehead atoms. The van der Waals surface area contributed by atoms with Gasteiger partial charge in [0.2, 0.25) is 0 Å². The maximum atomic E-state index is 5.68. The Labute approximate surface area is 82.4 Å². The second-order valence-corrected chi connectivity index (χ2v) is 8.37. The van der Waals surface area contributed by atoms with Gasteiger partial charge in [-0.2, -0.15) is 0 Å². The first-order valence-corrected chi connectivity index (χ1v) is 8.07. The summed E-state index contributed by atoms with van der Waals surface area (Å²) in [6.45, 7) is 11.6. The Balaban J connectivity index is 3.13. The Morgan fingerprint density at radius 3 is 2.38 bits per heavy atom. The summed E-state index contributed by atoms with van der Waals surface area (Å²) in [5.74, 6) is 0. The van der Waals surface area contributed by atoms with E-state index in [4.69, 9.17) is 9.16 Å². The molecule has 0 unspecified atom stereocenters. The van der Waals surface area contributed by atoms with E-state index >= 15 is 0 Å². The molecule has 0 saturated carbocycles. The standard InChI is InChI=1S/C10H20O2Si/c1-5-8-11-9-6-7-10-12-13(2,3)4/h8H,1,6-7,9-10H2,2-4H3. The molecule has 13 heavy (non-hydrogen) atoms. The third kappa shape index (κ3) is 11.5. The van der Waals surface area contributed by atoms with Gasteiger partial charge in [0.25, 0.3) is 0 Å². The quantitative estimate of drug-likeness (QED) is 0.272. The summed E-state index contributed by atoms with van der Waals surface area (Å²) in [7, 11) is -1.30. The van der Waals surface area contributed by atoms with Crippen molar-refractivity contribution in [3.8, 4) is 0 Å². The largest absolute Gasteiger partial charge is 0.493 e. The average molecular weight is 200 g/mol. The Morgan fingerprint density at radius 2 is 1.85 bits per heavy atom. The molecule has 0 amide bonds. The topological polar surface area (TPSA) is 18.5 Å². The van der Waals surface area contributed by atoms with Gasteiger partial charge in [-0.15, -0.1) is 0 Å². The molecule has 0 aromatic carbocycles. The molecule has 2 nitrogen and oxygen atoms in total. The third-order valence-corrected chi connectivity index (χ3v) is 2.43. The predicted molar refractivity (Wildman–Crippen MR) is 58.2 cm³/mol. The van der Waals surface area contributed by atoms with Gasteiger partial charge in [-0.05, 0) is 32.5 Å². The lowest BCUT2D eigenvalue weighted by Crippen LogP contribution is -2.25. The van der Waals surface area contributed by atoms with Gasteiger partial charge in [-0.1, -0.05) is 12.3 Å². The summed E-state index contributed by atoms with van der Waals surface area (Å²) >= 11 is 0. The van der Waals surface area contributed by atoms with Crippen molar-refractivity contribution in [2.24, 2.45) is 0 Å². The number of ether oxygens (including phenoxy) is 1. The van der Waals surface area contributed by atoms with Crippen LogP contribution in [-0.4, -0.2) is 21.5 Å². The summed E-state index contributed by atoms with van der Waals surface area (Å²) in [6, 6.07) is 0. The molecule has 76 valence electrons. The molecule has 0 fully saturated rings. The van der Waals surface area contributed by atoms with Crippen LogP contribution in [0.3, 0.4) is 0 Å². The molecule has 0 radical (unpaired) electrons. The van der Waals surface area contributed by atoms with Gasteiger partial charge in [0.15, 0.2) is 8.32 Å². The fourth-order valence-corrected chi connectivity index (χ4v) is 1.54. The number of hydrogen-bond acceptors (Lipinski definition) is 2. The lowest BCUT2D eigenvalue weighted by atomic mass is 10.3. The highest BCUT2D eigenvalue weighted by molar-refractivity contribution is 6.69. The van der Waals surface area contributed by atoms with Crippen molar-refractivity contribution in [2.75, 3.05) is 13.2 Å². The van der Waals surface area contributed by atoms with E-state index in [0.29, 0.717) is 0 Å². The smallest absolute Gasteiger partial charge is 0.183 e. The van der Waals surface area contributed by atoms with E-state index in [1.165, 1.54) is 6.26 Å². The molecule has 0 N–H and O–H groups in total. The van der Waals surface area contributed by atoms with Crippen molar-refractivity contribution in [1.29, 1.82) is 0 Å². The van der Waals surface area contributed by atoms with E-state index in [1.54, 1.807) is 0 Å². The van der Waals surface area contributed by atoms with E-state index in [9.17, 15) is 0 Å². The van der Waals surface area contributed by atoms with E-state index < -0.39 is 8.32 Å². The Hall–Kier alpha value is -0.503. The first kappa shape index (κ1) is 12.5. The van der Waals surface area contributed by atoms with Crippen LogP contribution in [0.1, 0.15) is 12.8 Å². The summed E-state index contributed by atoms with van der Waals surface area (Å²) in [4.78, 5) is 0. The van der Waals surface area contributed by atoms with Crippen LogP contribution in [0, 0.1) is 0 Å². The number of unbranched alkanes of at least 4 members (excludes halogenated alkanes) is 1. The highest BCUT2D eigenvalue weighted by atomic mass is 28.4. The molecule has 0 aliphatic rings. The molecule has 0 spiro atoms. The summed E-state index contributed by atoms with van der Waals surface area (Å²) < 4.78 is 10.8. The first-order valence-electron chi connectivity index (χ1n) is 4.66. The third-order valence-electron chi connectivity index (χ3n) is 1.36. The van der Waals surface area contributed by atoms with Gasteiger partial charge in [-0.3, -0.25) is 0 Å². The molecule has 0 aliphatic heterocycles. The Bertz CT molecular complexity index is 166. The molecule has 0 saturated heterocycles. The van der Waals surface area contributed by atoms with Crippen LogP contribution >= 0.6 is 0 Å². The van der Waals surface area contributed by atoms with Crippen molar-refractivity contribution in [2.45, 2.75) is 32.5 Å². The van der Waals surface area contributed by atoms with Crippen LogP contribution in [0.4, 0.5) is 0 Å². The lowest BCUT2D eigenvalue weighted by Gasteiger charge is -2.16. The predicted octanol–water partition coefficient (Wildman–Crippen LogP) is 2.93. The fraction of sp³-hybridized carbons (Fsp3) is 0.700. The van der Waals surface area contributed by atoms with Gasteiger partial charge in [0, 0.05) is 6.61 Å². The summed E-state index contributed by atoms with van der Waals surface area (Å²) in [5.41, 5.74) is 2.56. The minimum absolute atomic E-state index is 0.734. The zero-order valence-corrected chi connectivity index (χ0v) is 9.93. The molecule has 3 heteroatoms. The fourth-order valence-electron chi connectivity index (χ4n) is 0.784. The monoisotopic (exact) mass is 200 g/mol. The Kier molecular flexibility index (Phi) is 6.68. The zero-order valence-electron chi connectivity index (χ0n) is 8.93. The molecular weight excluding hydrogens is 180 g/mol. The van der Waals surface area contributed by atoms with Crippen molar-refractivity contribution < 1.29 is 9.16 Å². The second kappa shape index (κ2) is 6.95. The number of rotatable bonds is 7. The van der Waals surface area contributed by atoms with Crippen LogP contribution in [0.25, 0.3) is 0 Å². The Morgan fingerprint density at radius 1 is 1.23 bits per heavy atom. The van der Waals surface area contributed by atoms with Crippen molar-refractivity contribution in [3.05, 3.63) is 18.6 Å². The van der Waals surface area contributed by atoms with Gasteiger partial charge >= 0.3 is 0 Å². The normalized spacial score (nSPS) is 10.7. The maximum Gasteiger partial charge on any atom is 0.183 e. The van der Waals surface area contributed by atoms with Gasteiger partial charge in [0.1, 0.15) is 6.26 Å². The summed E-state index contributed by atoms with van der Waals surface area (Å²) in [6.07, 6.45) is 3.59. The molecule has 0 aliphatic carbocycles. The van der Waals surface area contributed by atoms with E-state index in [1.807, 2.05) is 0 Å². The van der Waals surface area contributed by atoms with Crippen LogP contribution in [0.2, 0.25) is 19.6 Å². The van der Waals surface area contributed by atoms with Gasteiger partial charge < -0.3 is 9.16 Å². The minimum Gasteiger partial charge on any atom is -0.493 e. The van der Waals surface area contributed by atoms with E-state index in [-0.39, 0.29) is 0 Å². The number of hydrogen-bond donors (Lipinski definition) is 0. The SMILES string of the molecule is C=C=COCCCCO[Si](C)(C)C. The molecular formula is C10H20O2Si. The summed E-state index contributed by atoms with van der Waals surface area (Å²) in [5, 5.41) is 0. The molecule has 0 rings (SSSR count). The van der Waals surface area contributed by atoms with Crippen LogP contribution in [0.15, 0.2) is 18.6 Å². The van der Waals surface area contributed by atoms with Crippen molar-refractivity contribution in [3.63, 3.8) is 0 Å². The van der Waals surface area contributed by atoms with Gasteiger partial charge in [-0.25, -0.2) is 0 Å². The molecule has 0 aromatic rings. The maximum absolute atomic E-state index is 5.68. The second-order valence-electron chi connectivity index (χ2n) is 3.86. The highest BCUT2D eigenvalue weighted by Crippen LogP contribution is 2.03. The van der Waals surface area contributed by atoms with Crippen LogP contribution in [0.5, 0.6) is 0 Å². The average Bonchev–Trinajstić information content (AvgIpc) is 2.01. The van der Waals surface area contributed by atoms with Crippen molar-refractivity contribution in [1.82, 2.24) is 0 Å². The molecule has 0 atom stereocenters. The highest BCUT2D eigenvalue weighted by Gasteiger charge is 2.12. The van der Waals surface area contributed by atoms with Crippen LogP contribution in [-0.2, 0) is 9.16 Å². The zero-order chi connectivity index (χ0) is 10.2. The minimum atomic E-state index is -1.30.